The van der Waals surface area contributed by atoms with Crippen LogP contribution >= 0.6 is 23.4 Å². The van der Waals surface area contributed by atoms with Gasteiger partial charge in [-0.1, -0.05) is 41.1 Å². The van der Waals surface area contributed by atoms with E-state index in [4.69, 9.17) is 11.6 Å². The summed E-state index contributed by atoms with van der Waals surface area (Å²) < 4.78 is 0. The minimum atomic E-state index is 0.443. The molecular formula is C12H12ClN3S. The number of anilines is 2. The van der Waals surface area contributed by atoms with Crippen LogP contribution in [0.2, 0.25) is 5.15 Å². The average Bonchev–Trinajstić information content (AvgIpc) is 2.31. The number of thioether (sulfide) groups is 1. The summed E-state index contributed by atoms with van der Waals surface area (Å²) in [6.07, 6.45) is 1.92. The fourth-order valence-electron chi connectivity index (χ4n) is 1.34. The first kappa shape index (κ1) is 12.2. The van der Waals surface area contributed by atoms with E-state index in [1.165, 1.54) is 17.3 Å². The molecule has 0 atom stereocenters. The first-order valence-electron chi connectivity index (χ1n) is 5.09. The topological polar surface area (TPSA) is 37.8 Å². The molecule has 0 bridgehead atoms. The molecule has 1 aromatic heterocycles. The molecule has 0 aliphatic rings. The maximum atomic E-state index is 5.92. The van der Waals surface area contributed by atoms with Gasteiger partial charge < -0.3 is 5.32 Å². The highest BCUT2D eigenvalue weighted by atomic mass is 35.5. The van der Waals surface area contributed by atoms with E-state index in [9.17, 15) is 0 Å². The number of nitrogens with zero attached hydrogens (tertiary/aromatic N) is 2. The molecule has 2 aromatic rings. The Kier molecular flexibility index (Phi) is 3.86. The second-order valence-electron chi connectivity index (χ2n) is 3.55. The lowest BCUT2D eigenvalue weighted by atomic mass is 10.2. The number of hydrogen-bond acceptors (Lipinski definition) is 4. The first-order valence-corrected chi connectivity index (χ1v) is 6.70. The first-order chi connectivity index (χ1) is 8.17. The summed E-state index contributed by atoms with van der Waals surface area (Å²) in [4.78, 5) is 8.41. The largest absolute Gasteiger partial charge is 0.340 e. The Balaban J connectivity index is 2.23. The lowest BCUT2D eigenvalue weighted by Gasteiger charge is -2.07. The molecule has 0 aliphatic carbocycles. The van der Waals surface area contributed by atoms with Gasteiger partial charge in [-0.3, -0.25) is 0 Å². The van der Waals surface area contributed by atoms with Crippen molar-refractivity contribution in [2.24, 2.45) is 0 Å². The molecule has 3 nitrogen and oxygen atoms in total. The number of nitrogens with one attached hydrogen (secondary N) is 1. The Bertz CT molecular complexity index is 514. The van der Waals surface area contributed by atoms with Gasteiger partial charge in [0.2, 0.25) is 0 Å². The highest BCUT2D eigenvalue weighted by molar-refractivity contribution is 7.98. The predicted molar refractivity (Wildman–Crippen MR) is 73.3 cm³/mol. The number of benzene rings is 1. The highest BCUT2D eigenvalue weighted by Gasteiger charge is 2.02. The molecule has 88 valence electrons. The summed E-state index contributed by atoms with van der Waals surface area (Å²) >= 11 is 7.38. The molecule has 0 radical (unpaired) electrons. The van der Waals surface area contributed by atoms with E-state index < -0.39 is 0 Å². The fraction of sp³-hybridized carbons (Fsp3) is 0.167. The number of aryl methyl sites for hydroxylation is 1. The zero-order valence-electron chi connectivity index (χ0n) is 9.57. The smallest absolute Gasteiger partial charge is 0.190 e. The summed E-state index contributed by atoms with van der Waals surface area (Å²) in [5, 5.41) is 4.30. The van der Waals surface area contributed by atoms with Crippen LogP contribution in [-0.2, 0) is 0 Å². The quantitative estimate of drug-likeness (QED) is 0.519. The lowest BCUT2D eigenvalue weighted by Crippen LogP contribution is -1.96. The zero-order valence-corrected chi connectivity index (χ0v) is 11.1. The minimum Gasteiger partial charge on any atom is -0.340 e. The van der Waals surface area contributed by atoms with Crippen LogP contribution in [0, 0.1) is 6.92 Å². The third kappa shape index (κ3) is 3.35. The Morgan fingerprint density at radius 1 is 1.18 bits per heavy atom. The van der Waals surface area contributed by atoms with Crippen molar-refractivity contribution in [2.75, 3.05) is 11.6 Å². The van der Waals surface area contributed by atoms with Crippen LogP contribution in [0.15, 0.2) is 35.5 Å². The normalized spacial score (nSPS) is 10.3. The van der Waals surface area contributed by atoms with Crippen molar-refractivity contribution in [3.8, 4) is 0 Å². The summed E-state index contributed by atoms with van der Waals surface area (Å²) in [5.41, 5.74) is 2.21. The molecule has 1 aromatic carbocycles. The molecular weight excluding hydrogens is 254 g/mol. The average molecular weight is 266 g/mol. The van der Waals surface area contributed by atoms with Gasteiger partial charge in [0.1, 0.15) is 11.0 Å². The molecule has 0 unspecified atom stereocenters. The van der Waals surface area contributed by atoms with Gasteiger partial charge in [0.05, 0.1) is 0 Å². The van der Waals surface area contributed by atoms with Crippen molar-refractivity contribution in [2.45, 2.75) is 12.1 Å². The Labute approximate surface area is 110 Å². The third-order valence-corrected chi connectivity index (χ3v) is 2.92. The molecule has 0 spiro atoms. The summed E-state index contributed by atoms with van der Waals surface area (Å²) in [6, 6.07) is 9.80. The van der Waals surface area contributed by atoms with Crippen molar-refractivity contribution in [1.82, 2.24) is 9.97 Å². The monoisotopic (exact) mass is 265 g/mol. The van der Waals surface area contributed by atoms with Crippen molar-refractivity contribution in [3.63, 3.8) is 0 Å². The van der Waals surface area contributed by atoms with E-state index in [0.717, 1.165) is 5.69 Å². The van der Waals surface area contributed by atoms with Gasteiger partial charge in [0.15, 0.2) is 5.16 Å². The fourth-order valence-corrected chi connectivity index (χ4v) is 1.95. The minimum absolute atomic E-state index is 0.443. The molecule has 1 heterocycles. The number of halogens is 1. The van der Waals surface area contributed by atoms with Gasteiger partial charge in [-0.25, -0.2) is 9.97 Å². The van der Waals surface area contributed by atoms with E-state index >= 15 is 0 Å². The van der Waals surface area contributed by atoms with Crippen molar-refractivity contribution < 1.29 is 0 Å². The van der Waals surface area contributed by atoms with Crippen molar-refractivity contribution in [1.29, 1.82) is 0 Å². The second kappa shape index (κ2) is 5.38. The summed E-state index contributed by atoms with van der Waals surface area (Å²) in [7, 11) is 0. The molecule has 0 aliphatic heterocycles. The van der Waals surface area contributed by atoms with E-state index in [0.29, 0.717) is 16.1 Å². The van der Waals surface area contributed by atoms with Crippen LogP contribution in [0.25, 0.3) is 0 Å². The molecule has 0 saturated heterocycles. The van der Waals surface area contributed by atoms with Crippen LogP contribution in [0.4, 0.5) is 11.5 Å². The number of rotatable bonds is 3. The predicted octanol–water partition coefficient (Wildman–Crippen LogP) is 3.90. The molecule has 1 N–H and O–H groups in total. The van der Waals surface area contributed by atoms with Crippen LogP contribution in [0.1, 0.15) is 5.56 Å². The Morgan fingerprint density at radius 3 is 2.53 bits per heavy atom. The lowest BCUT2D eigenvalue weighted by molar-refractivity contribution is 0.976. The van der Waals surface area contributed by atoms with Crippen LogP contribution < -0.4 is 5.32 Å². The third-order valence-electron chi connectivity index (χ3n) is 2.18. The van der Waals surface area contributed by atoms with Crippen LogP contribution in [0.3, 0.4) is 0 Å². The zero-order chi connectivity index (χ0) is 12.3. The maximum Gasteiger partial charge on any atom is 0.190 e. The van der Waals surface area contributed by atoms with Crippen molar-refractivity contribution >= 4 is 34.9 Å². The van der Waals surface area contributed by atoms with E-state index in [2.05, 4.69) is 22.2 Å². The van der Waals surface area contributed by atoms with Gasteiger partial charge in [0, 0.05) is 11.8 Å². The highest BCUT2D eigenvalue weighted by Crippen LogP contribution is 2.20. The molecule has 0 fully saturated rings. The van der Waals surface area contributed by atoms with Gasteiger partial charge in [-0.05, 0) is 25.3 Å². The maximum absolute atomic E-state index is 5.92. The number of aromatic nitrogens is 2. The van der Waals surface area contributed by atoms with Crippen LogP contribution in [-0.4, -0.2) is 16.2 Å². The summed E-state index contributed by atoms with van der Waals surface area (Å²) in [5.74, 6) is 0.707. The van der Waals surface area contributed by atoms with Crippen LogP contribution in [0.5, 0.6) is 0 Å². The second-order valence-corrected chi connectivity index (χ2v) is 4.71. The number of hydrogen-bond donors (Lipinski definition) is 1. The van der Waals surface area contributed by atoms with E-state index in [1.807, 2.05) is 30.5 Å². The molecule has 0 amide bonds. The SMILES string of the molecule is CSc1nc(Cl)cc(Nc2ccc(C)cc2)n1. The van der Waals surface area contributed by atoms with Gasteiger partial charge >= 0.3 is 0 Å². The Hall–Kier alpha value is -1.26. The molecule has 0 saturated carbocycles. The van der Waals surface area contributed by atoms with Gasteiger partial charge in [0.25, 0.3) is 0 Å². The summed E-state index contributed by atoms with van der Waals surface area (Å²) in [6.45, 7) is 2.05. The Morgan fingerprint density at radius 2 is 1.88 bits per heavy atom. The van der Waals surface area contributed by atoms with E-state index in [-0.39, 0.29) is 0 Å². The molecule has 17 heavy (non-hydrogen) atoms. The molecule has 2 rings (SSSR count). The molecule has 5 heteroatoms. The van der Waals surface area contributed by atoms with Gasteiger partial charge in [-0.2, -0.15) is 0 Å². The van der Waals surface area contributed by atoms with Gasteiger partial charge in [-0.15, -0.1) is 0 Å². The standard InChI is InChI=1S/C12H12ClN3S/c1-8-3-5-9(6-4-8)14-11-7-10(13)15-12(16-11)17-2/h3-7H,1-2H3,(H,14,15,16). The van der Waals surface area contributed by atoms with Crippen molar-refractivity contribution in [3.05, 3.63) is 41.0 Å². The van der Waals surface area contributed by atoms with E-state index in [1.54, 1.807) is 6.07 Å².